The first-order valence-electron chi connectivity index (χ1n) is 9.34. The van der Waals surface area contributed by atoms with E-state index in [2.05, 4.69) is 0 Å². The lowest BCUT2D eigenvalue weighted by Crippen LogP contribution is -2.41. The van der Waals surface area contributed by atoms with E-state index in [0.717, 1.165) is 18.6 Å². The predicted octanol–water partition coefficient (Wildman–Crippen LogP) is 5.55. The van der Waals surface area contributed by atoms with Crippen LogP contribution in [0.2, 0.25) is 0 Å². The van der Waals surface area contributed by atoms with E-state index in [4.69, 9.17) is 9.47 Å². The van der Waals surface area contributed by atoms with E-state index in [-0.39, 0.29) is 13.1 Å². The number of halogens is 3. The summed E-state index contributed by atoms with van der Waals surface area (Å²) in [5, 5.41) is 0. The molecule has 1 aliphatic heterocycles. The van der Waals surface area contributed by atoms with E-state index >= 15 is 0 Å². The lowest BCUT2D eigenvalue weighted by Gasteiger charge is -2.34. The molecular formula is C23H18F3NO3. The van der Waals surface area contributed by atoms with Crippen molar-refractivity contribution < 1.29 is 27.4 Å². The summed E-state index contributed by atoms with van der Waals surface area (Å²) in [6, 6.07) is 16.6. The molecule has 0 N–H and O–H groups in total. The summed E-state index contributed by atoms with van der Waals surface area (Å²) in [6.45, 7) is 1.44. The van der Waals surface area contributed by atoms with Crippen LogP contribution in [0.4, 0.5) is 18.0 Å². The van der Waals surface area contributed by atoms with Crippen LogP contribution in [-0.4, -0.2) is 17.5 Å². The van der Waals surface area contributed by atoms with Gasteiger partial charge in [-0.3, -0.25) is 4.90 Å². The number of amides is 1. The van der Waals surface area contributed by atoms with Crippen molar-refractivity contribution in [2.24, 2.45) is 0 Å². The summed E-state index contributed by atoms with van der Waals surface area (Å²) < 4.78 is 53.3. The Morgan fingerprint density at radius 2 is 1.70 bits per heavy atom. The first kappa shape index (κ1) is 19.8. The third kappa shape index (κ3) is 3.83. The Labute approximate surface area is 171 Å². The molecule has 154 valence electrons. The molecule has 0 saturated carbocycles. The minimum atomic E-state index is -1.30. The smallest absolute Gasteiger partial charge is 0.415 e. The van der Waals surface area contributed by atoms with Gasteiger partial charge in [-0.25, -0.2) is 13.6 Å². The minimum Gasteiger partial charge on any atom is -0.481 e. The van der Waals surface area contributed by atoms with Gasteiger partial charge in [0.1, 0.15) is 17.7 Å². The summed E-state index contributed by atoms with van der Waals surface area (Å²) >= 11 is 0. The molecule has 0 radical (unpaired) electrons. The molecule has 1 heterocycles. The summed E-state index contributed by atoms with van der Waals surface area (Å²) in [6.07, 6.45) is -1.43. The standard InChI is InChI=1S/C23H18F3NO3/c1-14-18(24)11-19(22(26)21(14)25)30-20-13-27(12-15-7-5-6-10-17(15)20)23(28)29-16-8-3-2-4-9-16/h2-11,20H,12-13H2,1H3. The third-order valence-electron chi connectivity index (χ3n) is 4.98. The van der Waals surface area contributed by atoms with Crippen LogP contribution < -0.4 is 9.47 Å². The van der Waals surface area contributed by atoms with E-state index in [0.29, 0.717) is 11.3 Å². The lowest BCUT2D eigenvalue weighted by molar-refractivity contribution is 0.0953. The highest BCUT2D eigenvalue weighted by atomic mass is 19.2. The Kier molecular flexibility index (Phi) is 5.35. The van der Waals surface area contributed by atoms with Gasteiger partial charge in [0.25, 0.3) is 0 Å². The van der Waals surface area contributed by atoms with Gasteiger partial charge in [-0.05, 0) is 30.2 Å². The van der Waals surface area contributed by atoms with Crippen LogP contribution in [0.5, 0.6) is 11.5 Å². The topological polar surface area (TPSA) is 38.8 Å². The first-order valence-corrected chi connectivity index (χ1v) is 9.34. The van der Waals surface area contributed by atoms with Gasteiger partial charge in [0.2, 0.25) is 5.82 Å². The van der Waals surface area contributed by atoms with Crippen LogP contribution >= 0.6 is 0 Å². The number of carbonyl (C=O) groups excluding carboxylic acids is 1. The van der Waals surface area contributed by atoms with Gasteiger partial charge in [0.15, 0.2) is 11.6 Å². The van der Waals surface area contributed by atoms with Crippen molar-refractivity contribution in [3.63, 3.8) is 0 Å². The number of benzene rings is 3. The molecule has 1 aliphatic rings. The number of carbonyl (C=O) groups is 1. The molecule has 1 amide bonds. The SMILES string of the molecule is Cc1c(F)cc(OC2CN(C(=O)Oc3ccccc3)Cc3ccccc32)c(F)c1F. The van der Waals surface area contributed by atoms with E-state index < -0.39 is 41.0 Å². The Hall–Kier alpha value is -3.48. The highest BCUT2D eigenvalue weighted by Crippen LogP contribution is 2.34. The van der Waals surface area contributed by atoms with Gasteiger partial charge in [-0.2, -0.15) is 4.39 Å². The zero-order valence-corrected chi connectivity index (χ0v) is 16.1. The van der Waals surface area contributed by atoms with Crippen molar-refractivity contribution in [1.29, 1.82) is 0 Å². The molecule has 1 unspecified atom stereocenters. The maximum absolute atomic E-state index is 14.3. The number of nitrogens with zero attached hydrogens (tertiary/aromatic N) is 1. The minimum absolute atomic E-state index is 0.0270. The third-order valence-corrected chi connectivity index (χ3v) is 4.98. The molecule has 0 saturated heterocycles. The molecule has 4 rings (SSSR count). The molecule has 0 fully saturated rings. The number of ether oxygens (including phenoxy) is 2. The predicted molar refractivity (Wildman–Crippen MR) is 104 cm³/mol. The zero-order chi connectivity index (χ0) is 21.3. The molecule has 3 aromatic carbocycles. The van der Waals surface area contributed by atoms with Crippen molar-refractivity contribution in [3.8, 4) is 11.5 Å². The summed E-state index contributed by atoms with van der Waals surface area (Å²) in [5.74, 6) is -3.64. The van der Waals surface area contributed by atoms with Gasteiger partial charge in [0, 0.05) is 18.2 Å². The van der Waals surface area contributed by atoms with Crippen LogP contribution in [-0.2, 0) is 6.54 Å². The summed E-state index contributed by atoms with van der Waals surface area (Å²) in [7, 11) is 0. The fourth-order valence-electron chi connectivity index (χ4n) is 3.36. The second-order valence-electron chi connectivity index (χ2n) is 6.98. The Morgan fingerprint density at radius 3 is 2.47 bits per heavy atom. The zero-order valence-electron chi connectivity index (χ0n) is 16.1. The average Bonchev–Trinajstić information content (AvgIpc) is 2.76. The fourth-order valence-corrected chi connectivity index (χ4v) is 3.36. The van der Waals surface area contributed by atoms with Gasteiger partial charge in [0.05, 0.1) is 6.54 Å². The fraction of sp³-hybridized carbons (Fsp3) is 0.174. The van der Waals surface area contributed by atoms with Crippen molar-refractivity contribution in [2.75, 3.05) is 6.54 Å². The van der Waals surface area contributed by atoms with E-state index in [1.807, 2.05) is 0 Å². The largest absolute Gasteiger partial charge is 0.481 e. The summed E-state index contributed by atoms with van der Waals surface area (Å²) in [4.78, 5) is 14.1. The lowest BCUT2D eigenvalue weighted by atomic mass is 9.97. The van der Waals surface area contributed by atoms with Crippen LogP contribution in [0, 0.1) is 24.4 Å². The molecule has 0 aromatic heterocycles. The highest BCUT2D eigenvalue weighted by Gasteiger charge is 2.31. The van der Waals surface area contributed by atoms with Crippen LogP contribution in [0.15, 0.2) is 60.7 Å². The van der Waals surface area contributed by atoms with Crippen molar-refractivity contribution >= 4 is 6.09 Å². The first-order chi connectivity index (χ1) is 14.4. The van der Waals surface area contributed by atoms with Crippen molar-refractivity contribution in [1.82, 2.24) is 4.90 Å². The number of rotatable bonds is 3. The van der Waals surface area contributed by atoms with E-state index in [1.54, 1.807) is 54.6 Å². The normalized spacial score (nSPS) is 15.5. The number of para-hydroxylation sites is 1. The maximum atomic E-state index is 14.3. The molecule has 7 heteroatoms. The summed E-state index contributed by atoms with van der Waals surface area (Å²) in [5.41, 5.74) is 1.06. The van der Waals surface area contributed by atoms with Crippen LogP contribution in [0.25, 0.3) is 0 Å². The molecule has 30 heavy (non-hydrogen) atoms. The maximum Gasteiger partial charge on any atom is 0.415 e. The molecular weight excluding hydrogens is 395 g/mol. The van der Waals surface area contributed by atoms with Gasteiger partial charge < -0.3 is 9.47 Å². The molecule has 3 aromatic rings. The van der Waals surface area contributed by atoms with E-state index in [9.17, 15) is 18.0 Å². The van der Waals surface area contributed by atoms with Crippen molar-refractivity contribution in [2.45, 2.75) is 19.6 Å². The van der Waals surface area contributed by atoms with E-state index in [1.165, 1.54) is 4.90 Å². The Bertz CT molecular complexity index is 1090. The van der Waals surface area contributed by atoms with Gasteiger partial charge >= 0.3 is 6.09 Å². The van der Waals surface area contributed by atoms with Crippen LogP contribution in [0.3, 0.4) is 0 Å². The molecule has 0 spiro atoms. The molecule has 0 bridgehead atoms. The second-order valence-corrected chi connectivity index (χ2v) is 6.98. The monoisotopic (exact) mass is 413 g/mol. The van der Waals surface area contributed by atoms with Gasteiger partial charge in [-0.1, -0.05) is 42.5 Å². The molecule has 4 nitrogen and oxygen atoms in total. The quantitative estimate of drug-likeness (QED) is 0.529. The second kappa shape index (κ2) is 8.10. The number of hydrogen-bond acceptors (Lipinski definition) is 3. The number of hydrogen-bond donors (Lipinski definition) is 0. The van der Waals surface area contributed by atoms with Crippen molar-refractivity contribution in [3.05, 3.63) is 94.8 Å². The molecule has 0 aliphatic carbocycles. The van der Waals surface area contributed by atoms with Crippen LogP contribution in [0.1, 0.15) is 22.8 Å². The Balaban J connectivity index is 1.62. The molecule has 1 atom stereocenters. The Morgan fingerprint density at radius 1 is 1.00 bits per heavy atom. The highest BCUT2D eigenvalue weighted by molar-refractivity contribution is 5.71. The average molecular weight is 413 g/mol. The number of fused-ring (bicyclic) bond motifs is 1. The van der Waals surface area contributed by atoms with Gasteiger partial charge in [-0.15, -0.1) is 0 Å².